The number of fused-ring (bicyclic) bond motifs is 1. The molecule has 0 spiro atoms. The van der Waals surface area contributed by atoms with Gasteiger partial charge in [-0.05, 0) is 37.5 Å². The number of aryl methyl sites for hydroxylation is 1. The van der Waals surface area contributed by atoms with E-state index in [1.807, 2.05) is 6.92 Å². The number of nitrogens with zero attached hydrogens (tertiary/aromatic N) is 2. The largest absolute Gasteiger partial charge is 0.481 e. The Labute approximate surface area is 131 Å². The van der Waals surface area contributed by atoms with Crippen LogP contribution in [0.15, 0.2) is 18.2 Å². The first-order valence-electron chi connectivity index (χ1n) is 6.75. The second-order valence-electron chi connectivity index (χ2n) is 4.77. The first-order chi connectivity index (χ1) is 10.6. The van der Waals surface area contributed by atoms with E-state index in [1.54, 1.807) is 25.1 Å². The molecule has 8 heteroatoms. The van der Waals surface area contributed by atoms with E-state index in [4.69, 9.17) is 14.2 Å². The highest BCUT2D eigenvalue weighted by molar-refractivity contribution is 7.05. The Bertz CT molecular complexity index is 688. The van der Waals surface area contributed by atoms with Gasteiger partial charge in [0.1, 0.15) is 5.75 Å². The van der Waals surface area contributed by atoms with E-state index < -0.39 is 6.10 Å². The van der Waals surface area contributed by atoms with E-state index in [1.165, 1.54) is 11.5 Å². The number of nitrogens with one attached hydrogen (secondary N) is 1. The van der Waals surface area contributed by atoms with Crippen molar-refractivity contribution in [3.8, 4) is 17.2 Å². The van der Waals surface area contributed by atoms with Crippen LogP contribution in [0, 0.1) is 6.92 Å². The first-order valence-corrected chi connectivity index (χ1v) is 7.52. The molecule has 0 fully saturated rings. The summed E-state index contributed by atoms with van der Waals surface area (Å²) < 4.78 is 20.0. The highest BCUT2D eigenvalue weighted by Gasteiger charge is 2.18. The van der Waals surface area contributed by atoms with Crippen LogP contribution in [0.1, 0.15) is 17.5 Å². The third kappa shape index (κ3) is 3.11. The lowest BCUT2D eigenvalue weighted by atomic mass is 10.3. The summed E-state index contributed by atoms with van der Waals surface area (Å²) in [6, 6.07) is 5.21. The number of benzene rings is 1. The molecule has 0 saturated carbocycles. The van der Waals surface area contributed by atoms with Gasteiger partial charge in [0.05, 0.1) is 17.1 Å². The number of hydrogen-bond donors (Lipinski definition) is 1. The van der Waals surface area contributed by atoms with Gasteiger partial charge in [-0.3, -0.25) is 4.79 Å². The average Bonchev–Trinajstić information content (AvgIpc) is 3.13. The third-order valence-corrected chi connectivity index (χ3v) is 4.02. The molecule has 0 aliphatic carbocycles. The number of amides is 1. The van der Waals surface area contributed by atoms with Gasteiger partial charge in [-0.25, -0.2) is 0 Å². The molecule has 1 aliphatic rings. The lowest BCUT2D eigenvalue weighted by Crippen LogP contribution is -2.35. The van der Waals surface area contributed by atoms with Gasteiger partial charge in [-0.1, -0.05) is 4.49 Å². The third-order valence-electron chi connectivity index (χ3n) is 3.19. The molecule has 2 aromatic rings. The molecule has 1 unspecified atom stereocenters. The van der Waals surface area contributed by atoms with Crippen LogP contribution in [0.25, 0.3) is 0 Å². The second kappa shape index (κ2) is 6.18. The van der Waals surface area contributed by atoms with Gasteiger partial charge < -0.3 is 19.5 Å². The van der Waals surface area contributed by atoms with Gasteiger partial charge in [-0.15, -0.1) is 5.10 Å². The fourth-order valence-electron chi connectivity index (χ4n) is 1.93. The lowest BCUT2D eigenvalue weighted by molar-refractivity contribution is -0.127. The standard InChI is InChI=1S/C14H15N3O4S/c1-8-13(22-17-16-8)6-15-14(18)9(2)21-10-3-4-11-12(5-10)20-7-19-11/h3-5,9H,6-7H2,1-2H3,(H,15,18). The van der Waals surface area contributed by atoms with Crippen LogP contribution in [0.2, 0.25) is 0 Å². The van der Waals surface area contributed by atoms with E-state index in [0.717, 1.165) is 10.6 Å². The number of ether oxygens (including phenoxy) is 3. The molecular weight excluding hydrogens is 306 g/mol. The Morgan fingerprint density at radius 1 is 1.45 bits per heavy atom. The summed E-state index contributed by atoms with van der Waals surface area (Å²) in [6.45, 7) is 4.16. The van der Waals surface area contributed by atoms with Crippen LogP contribution >= 0.6 is 11.5 Å². The molecule has 3 rings (SSSR count). The summed E-state index contributed by atoms with van der Waals surface area (Å²) in [6.07, 6.45) is -0.624. The summed E-state index contributed by atoms with van der Waals surface area (Å²) in [7, 11) is 0. The lowest BCUT2D eigenvalue weighted by Gasteiger charge is -2.14. The van der Waals surface area contributed by atoms with Crippen molar-refractivity contribution < 1.29 is 19.0 Å². The minimum Gasteiger partial charge on any atom is -0.481 e. The number of rotatable bonds is 5. The molecule has 1 aliphatic heterocycles. The van der Waals surface area contributed by atoms with Crippen molar-refractivity contribution in [3.05, 3.63) is 28.8 Å². The molecule has 0 saturated heterocycles. The molecule has 1 N–H and O–H groups in total. The Morgan fingerprint density at radius 3 is 3.05 bits per heavy atom. The normalized spacial score (nSPS) is 13.7. The maximum Gasteiger partial charge on any atom is 0.261 e. The zero-order valence-electron chi connectivity index (χ0n) is 12.2. The molecular formula is C14H15N3O4S. The van der Waals surface area contributed by atoms with Crippen LogP contribution in [0.3, 0.4) is 0 Å². The van der Waals surface area contributed by atoms with E-state index >= 15 is 0 Å². The fourth-order valence-corrected chi connectivity index (χ4v) is 2.50. The SMILES string of the molecule is Cc1nnsc1CNC(=O)C(C)Oc1ccc2c(c1)OCO2. The molecule has 1 aromatic carbocycles. The van der Waals surface area contributed by atoms with Crippen molar-refractivity contribution in [2.45, 2.75) is 26.5 Å². The van der Waals surface area contributed by atoms with Crippen LogP contribution in [-0.2, 0) is 11.3 Å². The number of hydrogen-bond acceptors (Lipinski definition) is 7. The zero-order valence-corrected chi connectivity index (χ0v) is 13.0. The van der Waals surface area contributed by atoms with Crippen LogP contribution < -0.4 is 19.5 Å². The van der Waals surface area contributed by atoms with Crippen LogP contribution in [0.4, 0.5) is 0 Å². The second-order valence-corrected chi connectivity index (χ2v) is 5.61. The van der Waals surface area contributed by atoms with Crippen molar-refractivity contribution in [1.29, 1.82) is 0 Å². The van der Waals surface area contributed by atoms with Crippen molar-refractivity contribution in [3.63, 3.8) is 0 Å². The van der Waals surface area contributed by atoms with Crippen LogP contribution in [0.5, 0.6) is 17.2 Å². The molecule has 0 radical (unpaired) electrons. The topological polar surface area (TPSA) is 82.6 Å². The molecule has 1 amide bonds. The minimum absolute atomic E-state index is 0.203. The molecule has 1 aromatic heterocycles. The van der Waals surface area contributed by atoms with Crippen molar-refractivity contribution >= 4 is 17.4 Å². The Morgan fingerprint density at radius 2 is 2.27 bits per heavy atom. The van der Waals surface area contributed by atoms with Crippen LogP contribution in [-0.4, -0.2) is 28.4 Å². The number of carbonyl (C=O) groups excluding carboxylic acids is 1. The smallest absolute Gasteiger partial charge is 0.261 e. The summed E-state index contributed by atoms with van der Waals surface area (Å²) in [4.78, 5) is 13.0. The van der Waals surface area contributed by atoms with Gasteiger partial charge in [0.2, 0.25) is 6.79 Å². The first kappa shape index (κ1) is 14.6. The number of carbonyl (C=O) groups is 1. The molecule has 7 nitrogen and oxygen atoms in total. The Hall–Kier alpha value is -2.35. The number of aromatic nitrogens is 2. The Balaban J connectivity index is 1.56. The van der Waals surface area contributed by atoms with Crippen molar-refractivity contribution in [1.82, 2.24) is 14.9 Å². The fraction of sp³-hybridized carbons (Fsp3) is 0.357. The van der Waals surface area contributed by atoms with Gasteiger partial charge in [0, 0.05) is 6.07 Å². The van der Waals surface area contributed by atoms with Gasteiger partial charge in [-0.2, -0.15) is 0 Å². The summed E-state index contributed by atoms with van der Waals surface area (Å²) in [5.74, 6) is 1.65. The van der Waals surface area contributed by atoms with Gasteiger partial charge in [0.15, 0.2) is 17.6 Å². The molecule has 2 heterocycles. The van der Waals surface area contributed by atoms with Gasteiger partial charge in [0.25, 0.3) is 5.91 Å². The maximum absolute atomic E-state index is 12.1. The molecule has 1 atom stereocenters. The summed E-state index contributed by atoms with van der Waals surface area (Å²) in [5, 5.41) is 6.71. The zero-order chi connectivity index (χ0) is 15.5. The average molecular weight is 321 g/mol. The van der Waals surface area contributed by atoms with Crippen molar-refractivity contribution in [2.75, 3.05) is 6.79 Å². The summed E-state index contributed by atoms with van der Waals surface area (Å²) >= 11 is 1.27. The summed E-state index contributed by atoms with van der Waals surface area (Å²) in [5.41, 5.74) is 0.828. The van der Waals surface area contributed by atoms with E-state index in [0.29, 0.717) is 23.8 Å². The monoisotopic (exact) mass is 321 g/mol. The quantitative estimate of drug-likeness (QED) is 0.902. The predicted molar refractivity (Wildman–Crippen MR) is 79.1 cm³/mol. The Kier molecular flexibility index (Phi) is 4.10. The highest BCUT2D eigenvalue weighted by atomic mass is 32.1. The molecule has 0 bridgehead atoms. The van der Waals surface area contributed by atoms with E-state index in [9.17, 15) is 4.79 Å². The highest BCUT2D eigenvalue weighted by Crippen LogP contribution is 2.35. The van der Waals surface area contributed by atoms with Crippen molar-refractivity contribution in [2.24, 2.45) is 0 Å². The molecule has 22 heavy (non-hydrogen) atoms. The predicted octanol–water partition coefficient (Wildman–Crippen LogP) is 1.66. The van der Waals surface area contributed by atoms with E-state index in [2.05, 4.69) is 14.9 Å². The molecule has 116 valence electrons. The minimum atomic E-state index is -0.624. The maximum atomic E-state index is 12.1. The van der Waals surface area contributed by atoms with Gasteiger partial charge >= 0.3 is 0 Å². The van der Waals surface area contributed by atoms with E-state index in [-0.39, 0.29) is 12.7 Å².